The molecule has 124 valence electrons. The zero-order valence-corrected chi connectivity index (χ0v) is 15.0. The number of aliphatic hydroxyl groups excluding tert-OH is 1. The molecule has 0 radical (unpaired) electrons. The Morgan fingerprint density at radius 3 is 2.61 bits per heavy atom. The number of ether oxygens (including phenoxy) is 2. The van der Waals surface area contributed by atoms with Crippen molar-refractivity contribution in [3.8, 4) is 11.5 Å². The van der Waals surface area contributed by atoms with Crippen molar-refractivity contribution in [3.05, 3.63) is 58.1 Å². The summed E-state index contributed by atoms with van der Waals surface area (Å²) in [5.41, 5.74) is 2.08. The molecule has 0 aromatic heterocycles. The van der Waals surface area contributed by atoms with Crippen LogP contribution in [-0.4, -0.2) is 24.9 Å². The van der Waals surface area contributed by atoms with Crippen LogP contribution in [0, 0.1) is 0 Å². The van der Waals surface area contributed by atoms with Gasteiger partial charge in [-0.2, -0.15) is 0 Å². The van der Waals surface area contributed by atoms with Gasteiger partial charge in [0.2, 0.25) is 0 Å². The Labute approximate surface area is 145 Å². The van der Waals surface area contributed by atoms with E-state index in [1.807, 2.05) is 42.5 Å². The number of halogens is 1. The van der Waals surface area contributed by atoms with Gasteiger partial charge in [-0.05, 0) is 24.6 Å². The van der Waals surface area contributed by atoms with E-state index in [0.717, 1.165) is 21.3 Å². The molecule has 4 nitrogen and oxygen atoms in total. The third-order valence-electron chi connectivity index (χ3n) is 3.30. The van der Waals surface area contributed by atoms with Gasteiger partial charge in [0.05, 0.1) is 13.2 Å². The van der Waals surface area contributed by atoms with Gasteiger partial charge in [0.15, 0.2) is 11.5 Å². The molecule has 0 saturated carbocycles. The highest BCUT2D eigenvalue weighted by atomic mass is 79.9. The third-order valence-corrected chi connectivity index (χ3v) is 3.76. The second-order valence-electron chi connectivity index (χ2n) is 5.35. The molecule has 0 aliphatic heterocycles. The van der Waals surface area contributed by atoms with Crippen molar-refractivity contribution in [2.45, 2.75) is 26.2 Å². The summed E-state index contributed by atoms with van der Waals surface area (Å²) in [5.74, 6) is 1.40. The molecule has 0 aliphatic carbocycles. The number of methoxy groups -OCH3 is 1. The Kier molecular flexibility index (Phi) is 6.89. The molecule has 2 N–H and O–H groups in total. The second kappa shape index (κ2) is 8.91. The van der Waals surface area contributed by atoms with Crippen molar-refractivity contribution in [1.29, 1.82) is 0 Å². The summed E-state index contributed by atoms with van der Waals surface area (Å²) >= 11 is 3.49. The van der Waals surface area contributed by atoms with Crippen molar-refractivity contribution >= 4 is 15.9 Å². The lowest BCUT2D eigenvalue weighted by molar-refractivity contribution is 0.190. The molecule has 0 aliphatic rings. The molecular formula is C18H22BrNO3. The Balaban J connectivity index is 2.16. The second-order valence-corrected chi connectivity index (χ2v) is 6.27. The van der Waals surface area contributed by atoms with Gasteiger partial charge in [-0.1, -0.05) is 46.3 Å². The highest BCUT2D eigenvalue weighted by Crippen LogP contribution is 2.35. The van der Waals surface area contributed by atoms with Crippen molar-refractivity contribution < 1.29 is 14.6 Å². The van der Waals surface area contributed by atoms with Crippen LogP contribution >= 0.6 is 15.9 Å². The summed E-state index contributed by atoms with van der Waals surface area (Å²) in [7, 11) is 1.63. The average molecular weight is 380 g/mol. The number of aliphatic hydroxyl groups is 1. The maximum Gasteiger partial charge on any atom is 0.166 e. The van der Waals surface area contributed by atoms with Crippen LogP contribution in [0.1, 0.15) is 18.1 Å². The summed E-state index contributed by atoms with van der Waals surface area (Å²) in [6.07, 6.45) is -0.391. The number of benzene rings is 2. The summed E-state index contributed by atoms with van der Waals surface area (Å²) in [4.78, 5) is 0. The Morgan fingerprint density at radius 2 is 1.96 bits per heavy atom. The molecule has 0 heterocycles. The zero-order valence-electron chi connectivity index (χ0n) is 13.4. The van der Waals surface area contributed by atoms with Crippen LogP contribution in [-0.2, 0) is 13.2 Å². The van der Waals surface area contributed by atoms with E-state index in [1.165, 1.54) is 0 Å². The van der Waals surface area contributed by atoms with Gasteiger partial charge in [0.25, 0.3) is 0 Å². The number of hydrogen-bond acceptors (Lipinski definition) is 4. The van der Waals surface area contributed by atoms with Gasteiger partial charge in [-0.15, -0.1) is 0 Å². The summed E-state index contributed by atoms with van der Waals surface area (Å²) in [5, 5.41) is 12.6. The van der Waals surface area contributed by atoms with Gasteiger partial charge in [0, 0.05) is 23.1 Å². The fourth-order valence-corrected chi connectivity index (χ4v) is 2.70. The van der Waals surface area contributed by atoms with Crippen LogP contribution in [0.5, 0.6) is 11.5 Å². The van der Waals surface area contributed by atoms with Crippen LogP contribution in [0.15, 0.2) is 46.9 Å². The monoisotopic (exact) mass is 379 g/mol. The van der Waals surface area contributed by atoms with E-state index in [-0.39, 0.29) is 0 Å². The molecule has 2 rings (SSSR count). The minimum Gasteiger partial charge on any atom is -0.493 e. The number of rotatable bonds is 8. The van der Waals surface area contributed by atoms with Gasteiger partial charge in [0.1, 0.15) is 6.61 Å². The van der Waals surface area contributed by atoms with Crippen molar-refractivity contribution in [1.82, 2.24) is 5.32 Å². The maximum absolute atomic E-state index is 9.38. The lowest BCUT2D eigenvalue weighted by Crippen LogP contribution is -2.24. The van der Waals surface area contributed by atoms with Gasteiger partial charge in [-0.3, -0.25) is 0 Å². The van der Waals surface area contributed by atoms with Crippen LogP contribution < -0.4 is 14.8 Å². The Hall–Kier alpha value is -1.56. The number of nitrogens with one attached hydrogen (secondary N) is 1. The SMILES string of the molecule is COc1cc(Br)cc(CNC[C@@H](C)O)c1OCc1ccccc1. The molecular weight excluding hydrogens is 358 g/mol. The van der Waals surface area contributed by atoms with Crippen LogP contribution in [0.4, 0.5) is 0 Å². The standard InChI is InChI=1S/C18H22BrNO3/c1-13(21)10-20-11-15-8-16(19)9-17(22-2)18(15)23-12-14-6-4-3-5-7-14/h3-9,13,20-21H,10-12H2,1-2H3/t13-/m1/s1. The fraction of sp³-hybridized carbons (Fsp3) is 0.333. The molecule has 23 heavy (non-hydrogen) atoms. The summed E-state index contributed by atoms with van der Waals surface area (Å²) in [6.45, 7) is 3.33. The fourth-order valence-electron chi connectivity index (χ4n) is 2.21. The lowest BCUT2D eigenvalue weighted by atomic mass is 10.1. The molecule has 0 fully saturated rings. The molecule has 2 aromatic rings. The molecule has 0 amide bonds. The van der Waals surface area contributed by atoms with E-state index in [4.69, 9.17) is 9.47 Å². The molecule has 0 unspecified atom stereocenters. The Bertz CT molecular complexity index is 617. The predicted molar refractivity (Wildman–Crippen MR) is 94.9 cm³/mol. The van der Waals surface area contributed by atoms with Gasteiger partial charge < -0.3 is 19.9 Å². The maximum atomic E-state index is 9.38. The van der Waals surface area contributed by atoms with Crippen molar-refractivity contribution in [2.75, 3.05) is 13.7 Å². The first-order chi connectivity index (χ1) is 11.1. The predicted octanol–water partition coefficient (Wildman–Crippen LogP) is 3.51. The zero-order chi connectivity index (χ0) is 16.7. The van der Waals surface area contributed by atoms with Gasteiger partial charge >= 0.3 is 0 Å². The van der Waals surface area contributed by atoms with E-state index >= 15 is 0 Å². The molecule has 1 atom stereocenters. The summed E-state index contributed by atoms with van der Waals surface area (Å²) < 4.78 is 12.4. The molecule has 2 aromatic carbocycles. The minimum atomic E-state index is -0.391. The largest absolute Gasteiger partial charge is 0.493 e. The van der Waals surface area contributed by atoms with E-state index < -0.39 is 6.10 Å². The molecule has 0 bridgehead atoms. The number of hydrogen-bond donors (Lipinski definition) is 2. The van der Waals surface area contributed by atoms with E-state index in [1.54, 1.807) is 14.0 Å². The van der Waals surface area contributed by atoms with Crippen LogP contribution in [0.2, 0.25) is 0 Å². The Morgan fingerprint density at radius 1 is 1.22 bits per heavy atom. The van der Waals surface area contributed by atoms with Crippen LogP contribution in [0.3, 0.4) is 0 Å². The average Bonchev–Trinajstić information content (AvgIpc) is 2.54. The quantitative estimate of drug-likeness (QED) is 0.736. The summed E-state index contributed by atoms with van der Waals surface area (Å²) in [6, 6.07) is 13.9. The lowest BCUT2D eigenvalue weighted by Gasteiger charge is -2.17. The highest BCUT2D eigenvalue weighted by Gasteiger charge is 2.13. The first-order valence-electron chi connectivity index (χ1n) is 7.52. The van der Waals surface area contributed by atoms with Crippen molar-refractivity contribution in [3.63, 3.8) is 0 Å². The molecule has 0 saturated heterocycles. The smallest absolute Gasteiger partial charge is 0.166 e. The first kappa shape index (κ1) is 17.8. The third kappa shape index (κ3) is 5.53. The normalized spacial score (nSPS) is 12.0. The molecule has 5 heteroatoms. The van der Waals surface area contributed by atoms with Gasteiger partial charge in [-0.25, -0.2) is 0 Å². The molecule has 0 spiro atoms. The van der Waals surface area contributed by atoms with Crippen molar-refractivity contribution in [2.24, 2.45) is 0 Å². The van der Waals surface area contributed by atoms with E-state index in [2.05, 4.69) is 21.2 Å². The topological polar surface area (TPSA) is 50.7 Å². The van der Waals surface area contributed by atoms with Crippen LogP contribution in [0.25, 0.3) is 0 Å². The highest BCUT2D eigenvalue weighted by molar-refractivity contribution is 9.10. The first-order valence-corrected chi connectivity index (χ1v) is 8.31. The van der Waals surface area contributed by atoms with E-state index in [0.29, 0.717) is 25.4 Å². The van der Waals surface area contributed by atoms with E-state index in [9.17, 15) is 5.11 Å². The minimum absolute atomic E-state index is 0.391.